The summed E-state index contributed by atoms with van der Waals surface area (Å²) in [5.41, 5.74) is 2.53. The van der Waals surface area contributed by atoms with E-state index in [-0.39, 0.29) is 30.7 Å². The van der Waals surface area contributed by atoms with Crippen LogP contribution in [-0.4, -0.2) is 42.3 Å². The van der Waals surface area contributed by atoms with E-state index in [1.54, 1.807) is 23.1 Å². The van der Waals surface area contributed by atoms with Crippen molar-refractivity contribution in [3.05, 3.63) is 64.7 Å². The molecule has 29 heavy (non-hydrogen) atoms. The Morgan fingerprint density at radius 3 is 2.66 bits per heavy atom. The number of likely N-dealkylation sites (tertiary alicyclic amines) is 1. The predicted molar refractivity (Wildman–Crippen MR) is 113 cm³/mol. The molecular weight excluding hydrogens is 390 g/mol. The van der Waals surface area contributed by atoms with Crippen LogP contribution in [0.2, 0.25) is 5.02 Å². The maximum absolute atomic E-state index is 12.4. The molecule has 6 nitrogen and oxygen atoms in total. The van der Waals surface area contributed by atoms with Crippen LogP contribution in [0.5, 0.6) is 0 Å². The van der Waals surface area contributed by atoms with Crippen molar-refractivity contribution in [1.29, 1.82) is 0 Å². The minimum absolute atomic E-state index is 0.0277. The Labute approximate surface area is 175 Å². The first-order valence-electron chi connectivity index (χ1n) is 9.58. The van der Waals surface area contributed by atoms with E-state index >= 15 is 0 Å². The van der Waals surface area contributed by atoms with Gasteiger partial charge in [0.2, 0.25) is 17.7 Å². The summed E-state index contributed by atoms with van der Waals surface area (Å²) in [4.78, 5) is 38.5. The molecule has 152 valence electrons. The SMILES string of the molecule is Cc1c(Cl)cccc1NC(=O)CNC(=O)[C@@H]1CC(=O)N(CCc2ccccc2)C1. The van der Waals surface area contributed by atoms with E-state index in [2.05, 4.69) is 10.6 Å². The van der Waals surface area contributed by atoms with Gasteiger partial charge in [-0.2, -0.15) is 0 Å². The summed E-state index contributed by atoms with van der Waals surface area (Å²) in [6.07, 6.45) is 0.929. The Morgan fingerprint density at radius 1 is 1.14 bits per heavy atom. The van der Waals surface area contributed by atoms with Crippen molar-refractivity contribution in [2.45, 2.75) is 19.8 Å². The van der Waals surface area contributed by atoms with Gasteiger partial charge >= 0.3 is 0 Å². The summed E-state index contributed by atoms with van der Waals surface area (Å²) in [7, 11) is 0. The second-order valence-corrected chi connectivity index (χ2v) is 7.56. The van der Waals surface area contributed by atoms with Gasteiger partial charge in [-0.25, -0.2) is 0 Å². The number of carbonyl (C=O) groups excluding carboxylic acids is 3. The molecule has 2 aromatic rings. The number of nitrogens with zero attached hydrogens (tertiary/aromatic N) is 1. The Hall–Kier alpha value is -2.86. The van der Waals surface area contributed by atoms with E-state index in [1.807, 2.05) is 37.3 Å². The van der Waals surface area contributed by atoms with Crippen molar-refractivity contribution in [2.75, 3.05) is 25.0 Å². The maximum atomic E-state index is 12.4. The minimum atomic E-state index is -0.432. The molecule has 2 N–H and O–H groups in total. The van der Waals surface area contributed by atoms with Crippen LogP contribution >= 0.6 is 11.6 Å². The number of hydrogen-bond donors (Lipinski definition) is 2. The standard InChI is InChI=1S/C22H24ClN3O3/c1-15-18(23)8-5-9-19(15)25-20(27)13-24-22(29)17-12-21(28)26(14-17)11-10-16-6-3-2-4-7-16/h2-9,17H,10-14H2,1H3,(H,24,29)(H,25,27)/t17-/m1/s1. The number of benzene rings is 2. The summed E-state index contributed by atoms with van der Waals surface area (Å²) in [5, 5.41) is 5.93. The van der Waals surface area contributed by atoms with Gasteiger partial charge in [0.25, 0.3) is 0 Å². The highest BCUT2D eigenvalue weighted by Gasteiger charge is 2.34. The van der Waals surface area contributed by atoms with E-state index in [0.29, 0.717) is 23.8 Å². The molecular formula is C22H24ClN3O3. The number of anilines is 1. The van der Waals surface area contributed by atoms with Gasteiger partial charge in [0.05, 0.1) is 12.5 Å². The third kappa shape index (κ3) is 5.57. The molecule has 0 radical (unpaired) electrons. The lowest BCUT2D eigenvalue weighted by atomic mass is 10.1. The fourth-order valence-electron chi connectivity index (χ4n) is 3.32. The molecule has 1 aliphatic heterocycles. The van der Waals surface area contributed by atoms with Gasteiger partial charge in [-0.1, -0.05) is 48.0 Å². The van der Waals surface area contributed by atoms with Crippen LogP contribution in [0.4, 0.5) is 5.69 Å². The fourth-order valence-corrected chi connectivity index (χ4v) is 3.50. The Morgan fingerprint density at radius 2 is 1.90 bits per heavy atom. The molecule has 1 atom stereocenters. The quantitative estimate of drug-likeness (QED) is 0.732. The molecule has 0 saturated carbocycles. The molecule has 1 fully saturated rings. The van der Waals surface area contributed by atoms with Gasteiger partial charge in [0.1, 0.15) is 0 Å². The van der Waals surface area contributed by atoms with E-state index in [9.17, 15) is 14.4 Å². The molecule has 0 aromatic heterocycles. The largest absolute Gasteiger partial charge is 0.347 e. The zero-order valence-corrected chi connectivity index (χ0v) is 17.0. The van der Waals surface area contributed by atoms with Gasteiger partial charge < -0.3 is 15.5 Å². The Bertz CT molecular complexity index is 901. The zero-order chi connectivity index (χ0) is 20.8. The molecule has 0 unspecified atom stereocenters. The normalized spacial score (nSPS) is 16.0. The lowest BCUT2D eigenvalue weighted by molar-refractivity contribution is -0.129. The third-order valence-corrected chi connectivity index (χ3v) is 5.47. The van der Waals surface area contributed by atoms with Gasteiger partial charge in [0.15, 0.2) is 0 Å². The first kappa shape index (κ1) is 20.9. The monoisotopic (exact) mass is 413 g/mol. The highest BCUT2D eigenvalue weighted by atomic mass is 35.5. The molecule has 3 rings (SSSR count). The zero-order valence-electron chi connectivity index (χ0n) is 16.3. The average molecular weight is 414 g/mol. The Kier molecular flexibility index (Phi) is 6.88. The van der Waals surface area contributed by atoms with Crippen LogP contribution in [0.3, 0.4) is 0 Å². The topological polar surface area (TPSA) is 78.5 Å². The molecule has 1 saturated heterocycles. The number of nitrogens with one attached hydrogen (secondary N) is 2. The Balaban J connectivity index is 1.45. The summed E-state index contributed by atoms with van der Waals surface area (Å²) in [6.45, 7) is 2.62. The van der Waals surface area contributed by atoms with Crippen LogP contribution in [-0.2, 0) is 20.8 Å². The van der Waals surface area contributed by atoms with Crippen molar-refractivity contribution in [2.24, 2.45) is 5.92 Å². The van der Waals surface area contributed by atoms with Gasteiger partial charge in [0, 0.05) is 30.2 Å². The second-order valence-electron chi connectivity index (χ2n) is 7.15. The van der Waals surface area contributed by atoms with Crippen molar-refractivity contribution < 1.29 is 14.4 Å². The maximum Gasteiger partial charge on any atom is 0.243 e. The number of carbonyl (C=O) groups is 3. The van der Waals surface area contributed by atoms with Gasteiger partial charge in [-0.05, 0) is 36.6 Å². The number of amides is 3. The molecule has 0 aliphatic carbocycles. The van der Waals surface area contributed by atoms with Crippen molar-refractivity contribution in [3.63, 3.8) is 0 Å². The van der Waals surface area contributed by atoms with Crippen molar-refractivity contribution in [3.8, 4) is 0 Å². The fraction of sp³-hybridized carbons (Fsp3) is 0.318. The van der Waals surface area contributed by atoms with E-state index < -0.39 is 5.92 Å². The van der Waals surface area contributed by atoms with E-state index in [0.717, 1.165) is 17.5 Å². The lowest BCUT2D eigenvalue weighted by Crippen LogP contribution is -2.38. The molecule has 0 spiro atoms. The van der Waals surface area contributed by atoms with E-state index in [4.69, 9.17) is 11.6 Å². The van der Waals surface area contributed by atoms with Gasteiger partial charge in [-0.3, -0.25) is 14.4 Å². The van der Waals surface area contributed by atoms with Crippen LogP contribution in [0, 0.1) is 12.8 Å². The van der Waals surface area contributed by atoms with Crippen molar-refractivity contribution in [1.82, 2.24) is 10.2 Å². The van der Waals surface area contributed by atoms with Crippen LogP contribution < -0.4 is 10.6 Å². The summed E-state index contributed by atoms with van der Waals surface area (Å²) < 4.78 is 0. The predicted octanol–water partition coefficient (Wildman–Crippen LogP) is 2.79. The smallest absolute Gasteiger partial charge is 0.243 e. The van der Waals surface area contributed by atoms with E-state index in [1.165, 1.54) is 0 Å². The minimum Gasteiger partial charge on any atom is -0.347 e. The van der Waals surface area contributed by atoms with Gasteiger partial charge in [-0.15, -0.1) is 0 Å². The lowest BCUT2D eigenvalue weighted by Gasteiger charge is -2.16. The van der Waals surface area contributed by atoms with Crippen LogP contribution in [0.15, 0.2) is 48.5 Å². The summed E-state index contributed by atoms with van der Waals surface area (Å²) in [6, 6.07) is 15.2. The summed E-state index contributed by atoms with van der Waals surface area (Å²) >= 11 is 6.05. The number of rotatable bonds is 7. The molecule has 3 amide bonds. The summed E-state index contributed by atoms with van der Waals surface area (Å²) in [5.74, 6) is -1.08. The molecule has 7 heteroatoms. The number of hydrogen-bond acceptors (Lipinski definition) is 3. The molecule has 1 aliphatic rings. The first-order valence-corrected chi connectivity index (χ1v) is 9.96. The highest BCUT2D eigenvalue weighted by Crippen LogP contribution is 2.23. The van der Waals surface area contributed by atoms with Crippen molar-refractivity contribution >= 4 is 35.0 Å². The average Bonchev–Trinajstić information content (AvgIpc) is 3.09. The van der Waals surface area contributed by atoms with Crippen LogP contribution in [0.1, 0.15) is 17.5 Å². The first-order chi connectivity index (χ1) is 13.9. The second kappa shape index (κ2) is 9.56. The molecule has 1 heterocycles. The third-order valence-electron chi connectivity index (χ3n) is 5.06. The highest BCUT2D eigenvalue weighted by molar-refractivity contribution is 6.31. The van der Waals surface area contributed by atoms with Crippen LogP contribution in [0.25, 0.3) is 0 Å². The molecule has 2 aromatic carbocycles. The molecule has 0 bridgehead atoms. The number of halogens is 1.